The molecule has 0 aromatic heterocycles. The van der Waals surface area contributed by atoms with Gasteiger partial charge in [0.05, 0.1) is 11.7 Å². The van der Waals surface area contributed by atoms with Crippen molar-refractivity contribution in [3.63, 3.8) is 0 Å². The molecule has 0 saturated heterocycles. The zero-order chi connectivity index (χ0) is 26.6. The summed E-state index contributed by atoms with van der Waals surface area (Å²) in [5, 5.41) is 22.6. The Kier molecular flexibility index (Phi) is 14.5. The number of nitrogens with one attached hydrogen (secondary N) is 4. The molecule has 0 bridgehead atoms. The van der Waals surface area contributed by atoms with Crippen molar-refractivity contribution >= 4 is 11.9 Å². The predicted octanol–water partition coefficient (Wildman–Crippen LogP) is 2.92. The fourth-order valence-electron chi connectivity index (χ4n) is 3.48. The Morgan fingerprint density at radius 1 is 0.941 bits per heavy atom. The summed E-state index contributed by atoms with van der Waals surface area (Å²) in [6.07, 6.45) is 1.61. The molecule has 0 aliphatic rings. The van der Waals surface area contributed by atoms with Gasteiger partial charge in [-0.2, -0.15) is 0 Å². The predicted molar refractivity (Wildman–Crippen MR) is 142 cm³/mol. The lowest BCUT2D eigenvalue weighted by Gasteiger charge is -2.38. The Labute approximate surface area is 209 Å². The number of hydrogen-bond donors (Lipinski definition) is 6. The average Bonchev–Trinajstić information content (AvgIpc) is 2.74. The van der Waals surface area contributed by atoms with Gasteiger partial charge in [-0.25, -0.2) is 0 Å². The van der Waals surface area contributed by atoms with E-state index < -0.39 is 11.5 Å². The van der Waals surface area contributed by atoms with Gasteiger partial charge in [-0.1, -0.05) is 55.4 Å². The minimum atomic E-state index is -0.891. The monoisotopic (exact) mass is 485 g/mol. The van der Waals surface area contributed by atoms with Gasteiger partial charge >= 0.3 is 5.97 Å². The van der Waals surface area contributed by atoms with E-state index in [2.05, 4.69) is 83.6 Å². The number of rotatable bonds is 18. The van der Waals surface area contributed by atoms with Crippen LogP contribution >= 0.6 is 0 Å². The molecule has 0 aliphatic carbocycles. The fourth-order valence-corrected chi connectivity index (χ4v) is 3.48. The van der Waals surface area contributed by atoms with Gasteiger partial charge in [-0.3, -0.25) is 14.9 Å². The molecule has 8 heteroatoms. The number of nitrogens with two attached hydrogens (primary N) is 1. The SMILES string of the molecule is CCC(C)(CNC(C)NC[C@](CN)(CNCC(C)C(C)(C)C)NC(=O)CCCC(=O)O)C(C)C. The summed E-state index contributed by atoms with van der Waals surface area (Å²) < 4.78 is 0. The highest BCUT2D eigenvalue weighted by molar-refractivity contribution is 5.77. The molecular formula is C26H55N5O3. The quantitative estimate of drug-likeness (QED) is 0.165. The van der Waals surface area contributed by atoms with Crippen molar-refractivity contribution in [1.29, 1.82) is 0 Å². The smallest absolute Gasteiger partial charge is 0.303 e. The number of carbonyl (C=O) groups excluding carboxylic acids is 1. The summed E-state index contributed by atoms with van der Waals surface area (Å²) in [4.78, 5) is 23.4. The van der Waals surface area contributed by atoms with E-state index in [4.69, 9.17) is 10.8 Å². The van der Waals surface area contributed by atoms with E-state index in [9.17, 15) is 9.59 Å². The molecule has 7 N–H and O–H groups in total. The van der Waals surface area contributed by atoms with Gasteiger partial charge in [0.1, 0.15) is 0 Å². The molecular weight excluding hydrogens is 430 g/mol. The second-order valence-corrected chi connectivity index (χ2v) is 11.8. The number of hydrogen-bond acceptors (Lipinski definition) is 6. The third kappa shape index (κ3) is 12.5. The molecule has 8 nitrogen and oxygen atoms in total. The van der Waals surface area contributed by atoms with E-state index in [-0.39, 0.29) is 42.3 Å². The minimum Gasteiger partial charge on any atom is -0.481 e. The van der Waals surface area contributed by atoms with Gasteiger partial charge in [0.25, 0.3) is 0 Å². The number of carboxylic acid groups (broad SMARTS) is 1. The molecule has 0 aliphatic heterocycles. The van der Waals surface area contributed by atoms with E-state index in [1.807, 2.05) is 0 Å². The van der Waals surface area contributed by atoms with E-state index in [0.717, 1.165) is 19.5 Å². The number of carbonyl (C=O) groups is 2. The molecule has 202 valence electrons. The van der Waals surface area contributed by atoms with E-state index in [0.29, 0.717) is 31.3 Å². The van der Waals surface area contributed by atoms with Gasteiger partial charge in [0, 0.05) is 39.0 Å². The zero-order valence-electron chi connectivity index (χ0n) is 23.4. The van der Waals surface area contributed by atoms with Crippen molar-refractivity contribution in [2.75, 3.05) is 32.7 Å². The molecule has 0 spiro atoms. The standard InChI is InChI=1S/C26H55N5O3/c1-10-25(9,19(2)3)16-29-21(5)30-18-26(15-27,17-28-14-20(4)24(6,7)8)31-22(32)12-11-13-23(33)34/h19-21,28-30H,10-18,27H2,1-9H3,(H,31,32)(H,33,34)/t20?,21?,25?,26-/m0/s1. The maximum Gasteiger partial charge on any atom is 0.303 e. The lowest BCUT2D eigenvalue weighted by Crippen LogP contribution is -2.66. The zero-order valence-corrected chi connectivity index (χ0v) is 23.4. The first kappa shape index (κ1) is 32.8. The highest BCUT2D eigenvalue weighted by atomic mass is 16.4. The van der Waals surface area contributed by atoms with Gasteiger partial charge in [0.2, 0.25) is 5.91 Å². The Hall–Kier alpha value is -1.22. The van der Waals surface area contributed by atoms with Crippen LogP contribution in [0, 0.1) is 22.7 Å². The highest BCUT2D eigenvalue weighted by Gasteiger charge is 2.32. The summed E-state index contributed by atoms with van der Waals surface area (Å²) in [7, 11) is 0. The molecule has 4 atom stereocenters. The fraction of sp³-hybridized carbons (Fsp3) is 0.923. The second-order valence-electron chi connectivity index (χ2n) is 11.8. The number of carboxylic acids is 1. The van der Waals surface area contributed by atoms with Crippen molar-refractivity contribution in [3.05, 3.63) is 0 Å². The van der Waals surface area contributed by atoms with Crippen molar-refractivity contribution in [3.8, 4) is 0 Å². The lowest BCUT2D eigenvalue weighted by atomic mass is 9.77. The first-order valence-corrected chi connectivity index (χ1v) is 13.0. The van der Waals surface area contributed by atoms with Crippen molar-refractivity contribution in [2.45, 2.75) is 99.7 Å². The van der Waals surface area contributed by atoms with Crippen LogP contribution in [0.3, 0.4) is 0 Å². The van der Waals surface area contributed by atoms with Crippen LogP contribution in [0.15, 0.2) is 0 Å². The molecule has 0 aromatic carbocycles. The summed E-state index contributed by atoms with van der Waals surface area (Å²) in [5.74, 6) is -0.0408. The molecule has 0 saturated carbocycles. The van der Waals surface area contributed by atoms with E-state index >= 15 is 0 Å². The number of amides is 1. The summed E-state index contributed by atoms with van der Waals surface area (Å²) >= 11 is 0. The average molecular weight is 486 g/mol. The lowest BCUT2D eigenvalue weighted by molar-refractivity contribution is -0.137. The Balaban J connectivity index is 5.17. The van der Waals surface area contributed by atoms with Crippen LogP contribution in [-0.4, -0.2) is 61.4 Å². The Morgan fingerprint density at radius 3 is 2.00 bits per heavy atom. The van der Waals surface area contributed by atoms with Crippen LogP contribution in [0.5, 0.6) is 0 Å². The minimum absolute atomic E-state index is 0.0182. The van der Waals surface area contributed by atoms with Gasteiger partial charge in [-0.05, 0) is 49.0 Å². The molecule has 34 heavy (non-hydrogen) atoms. The molecule has 0 rings (SSSR count). The van der Waals surface area contributed by atoms with Crippen LogP contribution in [0.1, 0.15) is 88.0 Å². The largest absolute Gasteiger partial charge is 0.481 e. The van der Waals surface area contributed by atoms with Gasteiger partial charge < -0.3 is 26.8 Å². The van der Waals surface area contributed by atoms with E-state index in [1.165, 1.54) is 0 Å². The van der Waals surface area contributed by atoms with Crippen molar-refractivity contribution in [2.24, 2.45) is 28.4 Å². The molecule has 0 aromatic rings. The maximum atomic E-state index is 12.6. The van der Waals surface area contributed by atoms with E-state index in [1.54, 1.807) is 0 Å². The van der Waals surface area contributed by atoms with Crippen LogP contribution in [0.2, 0.25) is 0 Å². The summed E-state index contributed by atoms with van der Waals surface area (Å²) in [6.45, 7) is 23.0. The van der Waals surface area contributed by atoms with Crippen LogP contribution < -0.4 is 27.0 Å². The molecule has 3 unspecified atom stereocenters. The Bertz CT molecular complexity index is 608. The molecule has 0 radical (unpaired) electrons. The summed E-state index contributed by atoms with van der Waals surface area (Å²) in [6, 6.07) is 0. The van der Waals surface area contributed by atoms with Crippen LogP contribution in [0.4, 0.5) is 0 Å². The van der Waals surface area contributed by atoms with Crippen LogP contribution in [-0.2, 0) is 9.59 Å². The van der Waals surface area contributed by atoms with Gasteiger partial charge in [0.15, 0.2) is 0 Å². The van der Waals surface area contributed by atoms with Crippen molar-refractivity contribution in [1.82, 2.24) is 21.3 Å². The maximum absolute atomic E-state index is 12.6. The first-order valence-electron chi connectivity index (χ1n) is 13.0. The van der Waals surface area contributed by atoms with Crippen LogP contribution in [0.25, 0.3) is 0 Å². The Morgan fingerprint density at radius 2 is 1.53 bits per heavy atom. The third-order valence-electron chi connectivity index (χ3n) is 7.74. The topological polar surface area (TPSA) is 129 Å². The molecule has 1 amide bonds. The third-order valence-corrected chi connectivity index (χ3v) is 7.74. The van der Waals surface area contributed by atoms with Gasteiger partial charge in [-0.15, -0.1) is 0 Å². The number of aliphatic carboxylic acids is 1. The first-order chi connectivity index (χ1) is 15.6. The highest BCUT2D eigenvalue weighted by Crippen LogP contribution is 2.29. The normalized spacial score (nSPS) is 17.6. The second kappa shape index (κ2) is 15.0. The molecule has 0 heterocycles. The van der Waals surface area contributed by atoms with Crippen molar-refractivity contribution < 1.29 is 14.7 Å². The molecule has 0 fully saturated rings. The summed E-state index contributed by atoms with van der Waals surface area (Å²) in [5.41, 5.74) is 5.94.